The second kappa shape index (κ2) is 5.62. The molecule has 0 spiro atoms. The number of benzene rings is 1. The molecule has 5 nitrogen and oxygen atoms in total. The predicted octanol–water partition coefficient (Wildman–Crippen LogP) is 3.61. The molecule has 1 aliphatic rings. The maximum Gasteiger partial charge on any atom is 0.222 e. The first-order chi connectivity index (χ1) is 11.2. The lowest BCUT2D eigenvalue weighted by molar-refractivity contribution is 0.415. The number of fused-ring (bicyclic) bond motifs is 1. The molecule has 0 saturated heterocycles. The van der Waals surface area contributed by atoms with Crippen LogP contribution in [0.3, 0.4) is 0 Å². The minimum Gasteiger partial charge on any atom is -0.347 e. The Bertz CT molecular complexity index is 815. The van der Waals surface area contributed by atoms with Crippen LogP contribution in [0.15, 0.2) is 49.1 Å². The molecule has 2 aromatic heterocycles. The van der Waals surface area contributed by atoms with Gasteiger partial charge in [-0.15, -0.1) is 0 Å². The van der Waals surface area contributed by atoms with Gasteiger partial charge in [0.25, 0.3) is 0 Å². The largest absolute Gasteiger partial charge is 0.347 e. The SMILES string of the molecule is Fc1cccc(Cl)c1[C@H]1C[C@@H](c2cccnc2)Nc2ncnn21. The molecule has 1 N–H and O–H groups in total. The molecule has 0 aliphatic carbocycles. The molecule has 23 heavy (non-hydrogen) atoms. The molecule has 2 atom stereocenters. The van der Waals surface area contributed by atoms with Gasteiger partial charge < -0.3 is 5.32 Å². The summed E-state index contributed by atoms with van der Waals surface area (Å²) in [7, 11) is 0. The highest BCUT2D eigenvalue weighted by molar-refractivity contribution is 6.31. The second-order valence-corrected chi connectivity index (χ2v) is 5.81. The van der Waals surface area contributed by atoms with Gasteiger partial charge in [0, 0.05) is 23.0 Å². The number of nitrogens with one attached hydrogen (secondary N) is 1. The Morgan fingerprint density at radius 1 is 1.26 bits per heavy atom. The van der Waals surface area contributed by atoms with Crippen molar-refractivity contribution in [3.05, 3.63) is 71.0 Å². The van der Waals surface area contributed by atoms with Gasteiger partial charge >= 0.3 is 0 Å². The lowest BCUT2D eigenvalue weighted by atomic mass is 9.94. The van der Waals surface area contributed by atoms with Crippen LogP contribution in [0.4, 0.5) is 10.3 Å². The van der Waals surface area contributed by atoms with Gasteiger partial charge in [-0.2, -0.15) is 10.1 Å². The molecule has 7 heteroatoms. The van der Waals surface area contributed by atoms with Crippen molar-refractivity contribution >= 4 is 17.5 Å². The van der Waals surface area contributed by atoms with Crippen molar-refractivity contribution in [2.24, 2.45) is 0 Å². The summed E-state index contributed by atoms with van der Waals surface area (Å²) < 4.78 is 16.1. The van der Waals surface area contributed by atoms with Crippen LogP contribution < -0.4 is 5.32 Å². The Morgan fingerprint density at radius 3 is 2.96 bits per heavy atom. The van der Waals surface area contributed by atoms with Crippen LogP contribution in [-0.4, -0.2) is 19.7 Å². The smallest absolute Gasteiger partial charge is 0.222 e. The zero-order valence-corrected chi connectivity index (χ0v) is 12.8. The van der Waals surface area contributed by atoms with Gasteiger partial charge in [0.1, 0.15) is 12.1 Å². The zero-order valence-electron chi connectivity index (χ0n) is 12.0. The van der Waals surface area contributed by atoms with Crippen molar-refractivity contribution in [2.45, 2.75) is 18.5 Å². The fourth-order valence-electron chi connectivity index (χ4n) is 2.99. The number of aromatic nitrogens is 4. The topological polar surface area (TPSA) is 55.6 Å². The van der Waals surface area contributed by atoms with E-state index in [2.05, 4.69) is 20.4 Å². The number of rotatable bonds is 2. The monoisotopic (exact) mass is 329 g/mol. The third-order valence-corrected chi connectivity index (χ3v) is 4.38. The highest BCUT2D eigenvalue weighted by atomic mass is 35.5. The number of hydrogen-bond donors (Lipinski definition) is 1. The average molecular weight is 330 g/mol. The lowest BCUT2D eigenvalue weighted by Crippen LogP contribution is -2.28. The van der Waals surface area contributed by atoms with E-state index in [0.717, 1.165) is 5.56 Å². The van der Waals surface area contributed by atoms with Gasteiger partial charge in [0.05, 0.1) is 12.1 Å². The minimum absolute atomic E-state index is 0.0407. The van der Waals surface area contributed by atoms with E-state index in [1.165, 1.54) is 12.4 Å². The van der Waals surface area contributed by atoms with E-state index in [0.29, 0.717) is 23.0 Å². The van der Waals surface area contributed by atoms with Crippen molar-refractivity contribution in [1.82, 2.24) is 19.7 Å². The normalized spacial score (nSPS) is 19.9. The first kappa shape index (κ1) is 14.1. The Balaban J connectivity index is 1.80. The maximum absolute atomic E-state index is 14.4. The first-order valence-corrected chi connectivity index (χ1v) is 7.61. The summed E-state index contributed by atoms with van der Waals surface area (Å²) in [5.41, 5.74) is 1.45. The van der Waals surface area contributed by atoms with Gasteiger partial charge in [-0.05, 0) is 30.2 Å². The summed E-state index contributed by atoms with van der Waals surface area (Å²) in [6.45, 7) is 0. The Hall–Kier alpha value is -2.47. The summed E-state index contributed by atoms with van der Waals surface area (Å²) in [4.78, 5) is 8.38. The van der Waals surface area contributed by atoms with Crippen molar-refractivity contribution in [1.29, 1.82) is 0 Å². The highest BCUT2D eigenvalue weighted by Crippen LogP contribution is 2.40. The van der Waals surface area contributed by atoms with Crippen LogP contribution in [0.25, 0.3) is 0 Å². The molecule has 0 bridgehead atoms. The van der Waals surface area contributed by atoms with Gasteiger partial charge in [-0.1, -0.05) is 23.7 Å². The molecule has 3 aromatic rings. The van der Waals surface area contributed by atoms with Crippen LogP contribution in [0, 0.1) is 5.82 Å². The number of anilines is 1. The summed E-state index contributed by atoms with van der Waals surface area (Å²) in [6, 6.07) is 8.20. The Morgan fingerprint density at radius 2 is 2.17 bits per heavy atom. The fourth-order valence-corrected chi connectivity index (χ4v) is 3.28. The van der Waals surface area contributed by atoms with E-state index in [9.17, 15) is 4.39 Å². The molecular formula is C16H13ClFN5. The van der Waals surface area contributed by atoms with Crippen LogP contribution in [0.5, 0.6) is 0 Å². The van der Waals surface area contributed by atoms with E-state index < -0.39 is 0 Å². The Kier molecular flexibility index (Phi) is 3.46. The Labute approximate surface area is 137 Å². The van der Waals surface area contributed by atoms with E-state index in [1.54, 1.807) is 29.2 Å². The van der Waals surface area contributed by atoms with E-state index in [1.807, 2.05) is 12.1 Å². The average Bonchev–Trinajstić information content (AvgIpc) is 3.04. The zero-order chi connectivity index (χ0) is 15.8. The van der Waals surface area contributed by atoms with Crippen LogP contribution in [-0.2, 0) is 0 Å². The van der Waals surface area contributed by atoms with Gasteiger partial charge in [-0.3, -0.25) is 4.98 Å². The molecule has 0 fully saturated rings. The summed E-state index contributed by atoms with van der Waals surface area (Å²) in [5.74, 6) is 0.255. The summed E-state index contributed by atoms with van der Waals surface area (Å²) >= 11 is 6.26. The van der Waals surface area contributed by atoms with E-state index >= 15 is 0 Å². The number of nitrogens with zero attached hydrogens (tertiary/aromatic N) is 4. The molecule has 4 rings (SSSR count). The van der Waals surface area contributed by atoms with Gasteiger partial charge in [0.15, 0.2) is 0 Å². The van der Waals surface area contributed by atoms with Crippen molar-refractivity contribution < 1.29 is 4.39 Å². The van der Waals surface area contributed by atoms with E-state index in [4.69, 9.17) is 11.6 Å². The molecule has 1 aliphatic heterocycles. The predicted molar refractivity (Wildman–Crippen MR) is 84.8 cm³/mol. The maximum atomic E-state index is 14.4. The van der Waals surface area contributed by atoms with Crippen LogP contribution in [0.2, 0.25) is 5.02 Å². The first-order valence-electron chi connectivity index (χ1n) is 7.24. The lowest BCUT2D eigenvalue weighted by Gasteiger charge is -2.32. The number of halogens is 2. The van der Waals surface area contributed by atoms with Gasteiger partial charge in [-0.25, -0.2) is 9.07 Å². The third kappa shape index (κ3) is 2.45. The number of pyridine rings is 1. The van der Waals surface area contributed by atoms with Crippen LogP contribution in [0.1, 0.15) is 29.6 Å². The third-order valence-electron chi connectivity index (χ3n) is 4.05. The highest BCUT2D eigenvalue weighted by Gasteiger charge is 2.32. The minimum atomic E-state index is -0.337. The molecular weight excluding hydrogens is 317 g/mol. The van der Waals surface area contributed by atoms with Crippen molar-refractivity contribution in [2.75, 3.05) is 5.32 Å². The fraction of sp³-hybridized carbons (Fsp3) is 0.188. The molecule has 0 amide bonds. The molecule has 0 radical (unpaired) electrons. The standard InChI is InChI=1S/C16H13ClFN5/c17-11-4-1-5-12(18)15(11)14-7-13(10-3-2-6-19-8-10)22-16-20-9-21-23(14)16/h1-6,8-9,13-14H,7H2,(H,20,21,22)/t13-,14+/m0/s1. The van der Waals surface area contributed by atoms with E-state index in [-0.39, 0.29) is 17.9 Å². The van der Waals surface area contributed by atoms with Crippen LogP contribution >= 0.6 is 11.6 Å². The van der Waals surface area contributed by atoms with Gasteiger partial charge in [0.2, 0.25) is 5.95 Å². The molecule has 0 unspecified atom stereocenters. The van der Waals surface area contributed by atoms with Crippen molar-refractivity contribution in [3.63, 3.8) is 0 Å². The number of hydrogen-bond acceptors (Lipinski definition) is 4. The molecule has 0 saturated carbocycles. The quantitative estimate of drug-likeness (QED) is 0.780. The second-order valence-electron chi connectivity index (χ2n) is 5.40. The molecule has 1 aromatic carbocycles. The van der Waals surface area contributed by atoms with Crippen molar-refractivity contribution in [3.8, 4) is 0 Å². The summed E-state index contributed by atoms with van der Waals surface area (Å²) in [5, 5.41) is 7.93. The molecule has 116 valence electrons. The molecule has 3 heterocycles. The summed E-state index contributed by atoms with van der Waals surface area (Å²) in [6.07, 6.45) is 5.57.